The first-order valence-corrected chi connectivity index (χ1v) is 6.27. The highest BCUT2D eigenvalue weighted by Crippen LogP contribution is 2.36. The molecule has 3 rings (SSSR count). The standard InChI is InChI=1S/C14H16N2O2/c1-9-5-3-6-10-11(9)12(17)16-8-4-7-14(16,2)13(18)15-10/h3,5-6H,4,7-8H2,1-2H3,(H,15,18)/t14-/m0/s1. The van der Waals surface area contributed by atoms with Gasteiger partial charge in [0.2, 0.25) is 5.91 Å². The van der Waals surface area contributed by atoms with E-state index in [1.165, 1.54) is 0 Å². The number of hydrogen-bond donors (Lipinski definition) is 1. The Morgan fingerprint density at radius 2 is 2.11 bits per heavy atom. The molecule has 1 aromatic carbocycles. The summed E-state index contributed by atoms with van der Waals surface area (Å²) < 4.78 is 0. The Bertz CT molecular complexity index is 553. The second kappa shape index (κ2) is 3.57. The van der Waals surface area contributed by atoms with Crippen molar-refractivity contribution in [2.24, 2.45) is 0 Å². The predicted molar refractivity (Wildman–Crippen MR) is 68.5 cm³/mol. The Kier molecular flexibility index (Phi) is 2.24. The minimum Gasteiger partial charge on any atom is -0.324 e. The number of anilines is 1. The van der Waals surface area contributed by atoms with Gasteiger partial charge in [0.25, 0.3) is 5.91 Å². The highest BCUT2D eigenvalue weighted by molar-refractivity contribution is 6.12. The lowest BCUT2D eigenvalue weighted by molar-refractivity contribution is -0.124. The van der Waals surface area contributed by atoms with Crippen molar-refractivity contribution in [3.8, 4) is 0 Å². The van der Waals surface area contributed by atoms with E-state index in [9.17, 15) is 9.59 Å². The molecule has 2 amide bonds. The molecule has 2 heterocycles. The zero-order valence-corrected chi connectivity index (χ0v) is 10.6. The summed E-state index contributed by atoms with van der Waals surface area (Å²) in [6.45, 7) is 4.42. The fourth-order valence-corrected chi connectivity index (χ4v) is 2.97. The third-order valence-corrected chi connectivity index (χ3v) is 4.11. The number of rotatable bonds is 0. The third-order valence-electron chi connectivity index (χ3n) is 4.11. The maximum absolute atomic E-state index is 12.6. The van der Waals surface area contributed by atoms with Crippen molar-refractivity contribution in [2.75, 3.05) is 11.9 Å². The second-order valence-corrected chi connectivity index (χ2v) is 5.29. The molecule has 1 aromatic rings. The van der Waals surface area contributed by atoms with E-state index in [0.717, 1.165) is 18.4 Å². The van der Waals surface area contributed by atoms with Crippen LogP contribution in [0.3, 0.4) is 0 Å². The van der Waals surface area contributed by atoms with E-state index >= 15 is 0 Å². The van der Waals surface area contributed by atoms with Gasteiger partial charge in [0.05, 0.1) is 11.3 Å². The Morgan fingerprint density at radius 1 is 1.33 bits per heavy atom. The number of nitrogens with one attached hydrogen (secondary N) is 1. The molecule has 0 saturated carbocycles. The zero-order valence-electron chi connectivity index (χ0n) is 10.6. The van der Waals surface area contributed by atoms with Gasteiger partial charge in [-0.2, -0.15) is 0 Å². The van der Waals surface area contributed by atoms with Gasteiger partial charge < -0.3 is 10.2 Å². The molecule has 1 N–H and O–H groups in total. The van der Waals surface area contributed by atoms with Crippen LogP contribution in [0, 0.1) is 6.92 Å². The monoisotopic (exact) mass is 244 g/mol. The van der Waals surface area contributed by atoms with Crippen molar-refractivity contribution in [1.29, 1.82) is 0 Å². The maximum atomic E-state index is 12.6. The van der Waals surface area contributed by atoms with Crippen LogP contribution in [0.15, 0.2) is 18.2 Å². The molecule has 0 aliphatic carbocycles. The van der Waals surface area contributed by atoms with Crippen molar-refractivity contribution < 1.29 is 9.59 Å². The van der Waals surface area contributed by atoms with Crippen LogP contribution >= 0.6 is 0 Å². The molecular weight excluding hydrogens is 228 g/mol. The van der Waals surface area contributed by atoms with Gasteiger partial charge in [-0.05, 0) is 38.3 Å². The van der Waals surface area contributed by atoms with E-state index in [0.29, 0.717) is 17.8 Å². The van der Waals surface area contributed by atoms with E-state index in [1.54, 1.807) is 11.0 Å². The summed E-state index contributed by atoms with van der Waals surface area (Å²) in [6, 6.07) is 5.56. The van der Waals surface area contributed by atoms with Gasteiger partial charge in [0.1, 0.15) is 5.54 Å². The molecule has 4 heteroatoms. The van der Waals surface area contributed by atoms with Gasteiger partial charge >= 0.3 is 0 Å². The molecule has 0 bridgehead atoms. The van der Waals surface area contributed by atoms with Crippen LogP contribution in [0.5, 0.6) is 0 Å². The minimum absolute atomic E-state index is 0.0264. The number of benzene rings is 1. The van der Waals surface area contributed by atoms with Crippen molar-refractivity contribution >= 4 is 17.5 Å². The summed E-state index contributed by atoms with van der Waals surface area (Å²) in [5.41, 5.74) is 1.49. The molecule has 1 saturated heterocycles. The molecule has 2 aliphatic rings. The number of aryl methyl sites for hydroxylation is 1. The molecule has 94 valence electrons. The van der Waals surface area contributed by atoms with Gasteiger partial charge in [0.15, 0.2) is 0 Å². The summed E-state index contributed by atoms with van der Waals surface area (Å²) in [5.74, 6) is -0.0980. The lowest BCUT2D eigenvalue weighted by atomic mass is 9.98. The summed E-state index contributed by atoms with van der Waals surface area (Å²) >= 11 is 0. The van der Waals surface area contributed by atoms with E-state index in [2.05, 4.69) is 5.32 Å². The molecule has 0 radical (unpaired) electrons. The van der Waals surface area contributed by atoms with Crippen LogP contribution < -0.4 is 5.32 Å². The van der Waals surface area contributed by atoms with E-state index in [4.69, 9.17) is 0 Å². The van der Waals surface area contributed by atoms with Crippen LogP contribution in [0.25, 0.3) is 0 Å². The maximum Gasteiger partial charge on any atom is 0.257 e. The van der Waals surface area contributed by atoms with Gasteiger partial charge in [-0.25, -0.2) is 0 Å². The van der Waals surface area contributed by atoms with Crippen molar-refractivity contribution in [3.63, 3.8) is 0 Å². The summed E-state index contributed by atoms with van der Waals surface area (Å²) in [6.07, 6.45) is 1.62. The van der Waals surface area contributed by atoms with Crippen molar-refractivity contribution in [2.45, 2.75) is 32.2 Å². The molecule has 2 aliphatic heterocycles. The number of amides is 2. The van der Waals surface area contributed by atoms with Gasteiger partial charge in [-0.15, -0.1) is 0 Å². The first kappa shape index (κ1) is 11.3. The Hall–Kier alpha value is -1.84. The third kappa shape index (κ3) is 1.32. The molecule has 1 atom stereocenters. The average molecular weight is 244 g/mol. The van der Waals surface area contributed by atoms with Gasteiger partial charge in [-0.3, -0.25) is 9.59 Å². The van der Waals surface area contributed by atoms with E-state index < -0.39 is 5.54 Å². The minimum atomic E-state index is -0.692. The lowest BCUT2D eigenvalue weighted by Gasteiger charge is -2.31. The number of nitrogens with zero attached hydrogens (tertiary/aromatic N) is 1. The van der Waals surface area contributed by atoms with Crippen molar-refractivity contribution in [3.05, 3.63) is 29.3 Å². The first-order valence-electron chi connectivity index (χ1n) is 6.27. The average Bonchev–Trinajstić information content (AvgIpc) is 2.69. The number of hydrogen-bond acceptors (Lipinski definition) is 2. The summed E-state index contributed by atoms with van der Waals surface area (Å²) in [5, 5.41) is 2.90. The largest absolute Gasteiger partial charge is 0.324 e. The molecule has 18 heavy (non-hydrogen) atoms. The number of carbonyl (C=O) groups excluding carboxylic acids is 2. The number of carbonyl (C=O) groups is 2. The van der Waals surface area contributed by atoms with E-state index in [-0.39, 0.29) is 11.8 Å². The second-order valence-electron chi connectivity index (χ2n) is 5.29. The molecule has 0 spiro atoms. The van der Waals surface area contributed by atoms with Gasteiger partial charge in [0, 0.05) is 6.54 Å². The Labute approximate surface area is 106 Å². The van der Waals surface area contributed by atoms with Crippen molar-refractivity contribution in [1.82, 2.24) is 4.90 Å². The molecule has 4 nitrogen and oxygen atoms in total. The smallest absolute Gasteiger partial charge is 0.257 e. The highest BCUT2D eigenvalue weighted by atomic mass is 16.2. The number of fused-ring (bicyclic) bond motifs is 2. The lowest BCUT2D eigenvalue weighted by Crippen LogP contribution is -2.51. The first-order chi connectivity index (χ1) is 8.54. The summed E-state index contributed by atoms with van der Waals surface area (Å²) in [4.78, 5) is 26.7. The van der Waals surface area contributed by atoms with Crippen LogP contribution in [-0.4, -0.2) is 28.8 Å². The molecule has 0 unspecified atom stereocenters. The highest BCUT2D eigenvalue weighted by Gasteiger charge is 2.48. The topological polar surface area (TPSA) is 49.4 Å². The fourth-order valence-electron chi connectivity index (χ4n) is 2.97. The van der Waals surface area contributed by atoms with Crippen LogP contribution in [0.2, 0.25) is 0 Å². The van der Waals surface area contributed by atoms with E-state index in [1.807, 2.05) is 26.0 Å². The van der Waals surface area contributed by atoms with Crippen LogP contribution in [-0.2, 0) is 4.79 Å². The molecule has 0 aromatic heterocycles. The fraction of sp³-hybridized carbons (Fsp3) is 0.429. The summed E-state index contributed by atoms with van der Waals surface area (Å²) in [7, 11) is 0. The normalized spacial score (nSPS) is 26.4. The SMILES string of the molecule is Cc1cccc2c1C(=O)N1CCC[C@@]1(C)C(=O)N2. The zero-order chi connectivity index (χ0) is 12.9. The predicted octanol–water partition coefficient (Wildman–Crippen LogP) is 1.94. The van der Waals surface area contributed by atoms with Crippen LogP contribution in [0.1, 0.15) is 35.7 Å². The van der Waals surface area contributed by atoms with Gasteiger partial charge in [-0.1, -0.05) is 12.1 Å². The quantitative estimate of drug-likeness (QED) is 0.758. The Balaban J connectivity index is 2.20. The van der Waals surface area contributed by atoms with Crippen LogP contribution in [0.4, 0.5) is 5.69 Å². The molecule has 1 fully saturated rings. The Morgan fingerprint density at radius 3 is 2.89 bits per heavy atom. The molecular formula is C14H16N2O2.